The van der Waals surface area contributed by atoms with Crippen molar-refractivity contribution in [1.29, 1.82) is 0 Å². The molecule has 4 rings (SSSR count). The van der Waals surface area contributed by atoms with E-state index in [9.17, 15) is 15.4 Å². The van der Waals surface area contributed by atoms with E-state index in [1.54, 1.807) is 0 Å². The Labute approximate surface area is 139 Å². The van der Waals surface area contributed by atoms with Gasteiger partial charge in [0.2, 0.25) is 0 Å². The number of oxime groups is 1. The van der Waals surface area contributed by atoms with Crippen LogP contribution >= 0.6 is 0 Å². The number of aliphatic hydroxyl groups excluding tert-OH is 2. The van der Waals surface area contributed by atoms with Crippen molar-refractivity contribution in [3.05, 3.63) is 0 Å². The molecule has 23 heavy (non-hydrogen) atoms. The molecule has 4 heteroatoms. The van der Waals surface area contributed by atoms with Gasteiger partial charge in [0.05, 0.1) is 17.9 Å². The summed E-state index contributed by atoms with van der Waals surface area (Å²) >= 11 is 0. The molecule has 0 spiro atoms. The molecule has 4 fully saturated rings. The van der Waals surface area contributed by atoms with E-state index in [1.165, 1.54) is 19.3 Å². The molecule has 0 aromatic heterocycles. The molecule has 0 aliphatic heterocycles. The summed E-state index contributed by atoms with van der Waals surface area (Å²) in [6.45, 7) is 4.67. The zero-order chi connectivity index (χ0) is 16.4. The fraction of sp³-hybridized carbons (Fsp3) is 0.947. The van der Waals surface area contributed by atoms with Gasteiger partial charge in [-0.3, -0.25) is 0 Å². The molecular weight excluding hydrogens is 290 g/mol. The van der Waals surface area contributed by atoms with Crippen LogP contribution in [0.1, 0.15) is 65.2 Å². The van der Waals surface area contributed by atoms with Crippen molar-refractivity contribution in [1.82, 2.24) is 0 Å². The van der Waals surface area contributed by atoms with Gasteiger partial charge in [-0.25, -0.2) is 0 Å². The minimum absolute atomic E-state index is 0.0973. The van der Waals surface area contributed by atoms with Crippen LogP contribution in [-0.4, -0.2) is 33.3 Å². The van der Waals surface area contributed by atoms with Crippen molar-refractivity contribution in [2.24, 2.45) is 39.7 Å². The maximum atomic E-state index is 10.4. The SMILES string of the molecule is C[C@]12CC[C@H](O)CC1CC[C@@H]1[C@@H]2CC[C@]2(C)C(=NO)[C@H](O)C[C@@H]12. The van der Waals surface area contributed by atoms with E-state index in [1.807, 2.05) is 0 Å². The predicted octanol–water partition coefficient (Wildman–Crippen LogP) is 3.19. The Bertz CT molecular complexity index is 521. The molecule has 4 aliphatic rings. The van der Waals surface area contributed by atoms with Crippen molar-refractivity contribution >= 4 is 5.71 Å². The number of nitrogens with zero attached hydrogens (tertiary/aromatic N) is 1. The Balaban J connectivity index is 1.65. The van der Waals surface area contributed by atoms with Gasteiger partial charge in [0.1, 0.15) is 0 Å². The summed E-state index contributed by atoms with van der Waals surface area (Å²) in [5.41, 5.74) is 0.868. The van der Waals surface area contributed by atoms with Crippen molar-refractivity contribution < 1.29 is 15.4 Å². The first-order valence-electron chi connectivity index (χ1n) is 9.48. The Morgan fingerprint density at radius 2 is 1.74 bits per heavy atom. The van der Waals surface area contributed by atoms with Gasteiger partial charge in [0.15, 0.2) is 0 Å². The second kappa shape index (κ2) is 5.19. The Hall–Kier alpha value is -0.610. The van der Waals surface area contributed by atoms with Crippen LogP contribution in [0.15, 0.2) is 5.16 Å². The molecule has 0 aromatic carbocycles. The first kappa shape index (κ1) is 15.9. The molecule has 0 radical (unpaired) electrons. The van der Waals surface area contributed by atoms with Gasteiger partial charge in [0, 0.05) is 5.41 Å². The Morgan fingerprint density at radius 3 is 2.48 bits per heavy atom. The fourth-order valence-electron chi connectivity index (χ4n) is 7.22. The van der Waals surface area contributed by atoms with Crippen molar-refractivity contribution in [2.45, 2.75) is 77.4 Å². The smallest absolute Gasteiger partial charge is 0.0963 e. The lowest BCUT2D eigenvalue weighted by Gasteiger charge is -2.60. The molecule has 3 N–H and O–H groups in total. The van der Waals surface area contributed by atoms with E-state index < -0.39 is 6.10 Å². The van der Waals surface area contributed by atoms with E-state index in [-0.39, 0.29) is 11.5 Å². The topological polar surface area (TPSA) is 73.1 Å². The van der Waals surface area contributed by atoms with Gasteiger partial charge in [-0.1, -0.05) is 19.0 Å². The number of hydrogen-bond acceptors (Lipinski definition) is 4. The molecule has 130 valence electrons. The second-order valence-corrected chi connectivity index (χ2v) is 9.28. The second-order valence-electron chi connectivity index (χ2n) is 9.28. The third-order valence-electron chi connectivity index (χ3n) is 8.51. The fourth-order valence-corrected chi connectivity index (χ4v) is 7.22. The lowest BCUT2D eigenvalue weighted by Crippen LogP contribution is -2.54. The number of fused-ring (bicyclic) bond motifs is 5. The highest BCUT2D eigenvalue weighted by Gasteiger charge is 2.61. The summed E-state index contributed by atoms with van der Waals surface area (Å²) in [5.74, 6) is 2.46. The summed E-state index contributed by atoms with van der Waals surface area (Å²) in [4.78, 5) is 0. The molecule has 0 amide bonds. The standard InChI is InChI=1S/C19H31NO3/c1-18-7-5-12(21)9-11(18)3-4-13-14(18)6-8-19(2)15(13)10-16(22)17(19)20-23/h11-16,21-23H,3-10H2,1-2H3/t11?,12-,13+,14-,15-,16+,18-,19-/m0/s1. The number of rotatable bonds is 0. The van der Waals surface area contributed by atoms with Gasteiger partial charge < -0.3 is 15.4 Å². The monoisotopic (exact) mass is 321 g/mol. The highest BCUT2D eigenvalue weighted by molar-refractivity contribution is 5.95. The van der Waals surface area contributed by atoms with Crippen molar-refractivity contribution in [3.8, 4) is 0 Å². The maximum Gasteiger partial charge on any atom is 0.0963 e. The van der Waals surface area contributed by atoms with Crippen LogP contribution in [-0.2, 0) is 0 Å². The Kier molecular flexibility index (Phi) is 3.59. The first-order valence-corrected chi connectivity index (χ1v) is 9.48. The lowest BCUT2D eigenvalue weighted by atomic mass is 9.45. The molecule has 0 aromatic rings. The molecule has 4 aliphatic carbocycles. The maximum absolute atomic E-state index is 10.4. The Morgan fingerprint density at radius 1 is 0.957 bits per heavy atom. The molecule has 0 bridgehead atoms. The molecule has 1 unspecified atom stereocenters. The third-order valence-corrected chi connectivity index (χ3v) is 8.51. The predicted molar refractivity (Wildman–Crippen MR) is 88.3 cm³/mol. The van der Waals surface area contributed by atoms with E-state index in [2.05, 4.69) is 19.0 Å². The highest BCUT2D eigenvalue weighted by atomic mass is 16.4. The largest absolute Gasteiger partial charge is 0.411 e. The lowest BCUT2D eigenvalue weighted by molar-refractivity contribution is -0.114. The zero-order valence-corrected chi connectivity index (χ0v) is 14.4. The molecule has 0 saturated heterocycles. The average Bonchev–Trinajstić information content (AvgIpc) is 2.77. The normalized spacial score (nSPS) is 57.7. The van der Waals surface area contributed by atoms with Gasteiger partial charge >= 0.3 is 0 Å². The van der Waals surface area contributed by atoms with Crippen LogP contribution < -0.4 is 0 Å². The van der Waals surface area contributed by atoms with Crippen LogP contribution in [0.3, 0.4) is 0 Å². The van der Waals surface area contributed by atoms with Gasteiger partial charge in [-0.2, -0.15) is 0 Å². The summed E-state index contributed by atoms with van der Waals surface area (Å²) in [6.07, 6.45) is 7.80. The minimum Gasteiger partial charge on any atom is -0.411 e. The molecule has 4 saturated carbocycles. The summed E-state index contributed by atoms with van der Waals surface area (Å²) < 4.78 is 0. The van der Waals surface area contributed by atoms with Gasteiger partial charge in [-0.15, -0.1) is 0 Å². The van der Waals surface area contributed by atoms with Gasteiger partial charge in [-0.05, 0) is 80.5 Å². The molecule has 0 heterocycles. The summed E-state index contributed by atoms with van der Waals surface area (Å²) in [5, 5.41) is 33.4. The van der Waals surface area contributed by atoms with Crippen molar-refractivity contribution in [3.63, 3.8) is 0 Å². The van der Waals surface area contributed by atoms with Crippen LogP contribution in [0.4, 0.5) is 0 Å². The van der Waals surface area contributed by atoms with Crippen molar-refractivity contribution in [2.75, 3.05) is 0 Å². The van der Waals surface area contributed by atoms with Crippen LogP contribution in [0.5, 0.6) is 0 Å². The van der Waals surface area contributed by atoms with E-state index in [0.717, 1.165) is 32.1 Å². The van der Waals surface area contributed by atoms with Crippen LogP contribution in [0, 0.1) is 34.5 Å². The molecule has 8 atom stereocenters. The van der Waals surface area contributed by atoms with E-state index in [0.29, 0.717) is 34.8 Å². The highest BCUT2D eigenvalue weighted by Crippen LogP contribution is 2.65. The van der Waals surface area contributed by atoms with Gasteiger partial charge in [0.25, 0.3) is 0 Å². The van der Waals surface area contributed by atoms with E-state index >= 15 is 0 Å². The zero-order valence-electron chi connectivity index (χ0n) is 14.4. The number of aliphatic hydroxyl groups is 2. The molecular formula is C19H31NO3. The first-order chi connectivity index (χ1) is 10.9. The van der Waals surface area contributed by atoms with Crippen LogP contribution in [0.2, 0.25) is 0 Å². The van der Waals surface area contributed by atoms with Crippen LogP contribution in [0.25, 0.3) is 0 Å². The minimum atomic E-state index is -0.563. The average molecular weight is 321 g/mol. The number of hydrogen-bond donors (Lipinski definition) is 3. The quantitative estimate of drug-likeness (QED) is 0.474. The molecule has 4 nitrogen and oxygen atoms in total. The summed E-state index contributed by atoms with van der Waals surface area (Å²) in [7, 11) is 0. The summed E-state index contributed by atoms with van der Waals surface area (Å²) in [6, 6.07) is 0. The van der Waals surface area contributed by atoms with E-state index in [4.69, 9.17) is 0 Å². The third kappa shape index (κ3) is 2.07.